The molecule has 2 fully saturated rings. The standard InChI is InChI=1S/C21H30O2/c1-12(2)19-18(23)11-21(3)9-8-16-15-7-5-14(22)10-13(15)4-6-17(16)20(19)21/h5,7,10,12,16-20,22-23H,4,6,8-9,11H2,1-3H3/t16-,17-,18+,19-,20-,21-/m1/s1. The molecule has 0 aromatic heterocycles. The number of rotatable bonds is 1. The topological polar surface area (TPSA) is 40.5 Å². The molecule has 2 heteroatoms. The number of aliphatic hydroxyl groups is 1. The predicted octanol–water partition coefficient (Wildman–Crippen LogP) is 4.49. The second kappa shape index (κ2) is 5.24. The third-order valence-electron chi connectivity index (χ3n) is 7.39. The summed E-state index contributed by atoms with van der Waals surface area (Å²) in [4.78, 5) is 0. The summed E-state index contributed by atoms with van der Waals surface area (Å²) in [6, 6.07) is 6.00. The fourth-order valence-electron chi connectivity index (χ4n) is 6.59. The first-order chi connectivity index (χ1) is 10.9. The van der Waals surface area contributed by atoms with Crippen LogP contribution >= 0.6 is 0 Å². The lowest BCUT2D eigenvalue weighted by molar-refractivity contribution is 0.0121. The molecule has 4 rings (SSSR count). The second-order valence-corrected chi connectivity index (χ2v) is 9.00. The largest absolute Gasteiger partial charge is 0.508 e. The van der Waals surface area contributed by atoms with Crippen LogP contribution in [0.3, 0.4) is 0 Å². The van der Waals surface area contributed by atoms with Gasteiger partial charge in [-0.15, -0.1) is 0 Å². The highest BCUT2D eigenvalue weighted by Gasteiger charge is 2.57. The minimum Gasteiger partial charge on any atom is -0.508 e. The van der Waals surface area contributed by atoms with E-state index in [1.165, 1.54) is 30.4 Å². The van der Waals surface area contributed by atoms with Crippen LogP contribution in [0, 0.1) is 29.1 Å². The molecule has 0 radical (unpaired) electrons. The van der Waals surface area contributed by atoms with Crippen LogP contribution in [0.25, 0.3) is 0 Å². The Morgan fingerprint density at radius 2 is 2.00 bits per heavy atom. The van der Waals surface area contributed by atoms with Crippen LogP contribution in [0.5, 0.6) is 5.75 Å². The Morgan fingerprint density at radius 3 is 2.74 bits per heavy atom. The summed E-state index contributed by atoms with van der Waals surface area (Å²) in [5.74, 6) is 3.39. The van der Waals surface area contributed by atoms with E-state index in [2.05, 4.69) is 26.8 Å². The van der Waals surface area contributed by atoms with E-state index in [0.29, 0.717) is 40.8 Å². The number of benzene rings is 1. The lowest BCUT2D eigenvalue weighted by Crippen LogP contribution is -2.43. The molecule has 0 saturated heterocycles. The molecular formula is C21H30O2. The van der Waals surface area contributed by atoms with Gasteiger partial charge in [-0.2, -0.15) is 0 Å². The molecule has 1 aromatic carbocycles. The first-order valence-electron chi connectivity index (χ1n) is 9.40. The normalized spacial score (nSPS) is 42.2. The number of hydrogen-bond donors (Lipinski definition) is 2. The summed E-state index contributed by atoms with van der Waals surface area (Å²) in [6.07, 6.45) is 5.65. The molecular weight excluding hydrogens is 284 g/mol. The Hall–Kier alpha value is -1.02. The molecule has 0 heterocycles. The van der Waals surface area contributed by atoms with Crippen LogP contribution in [-0.4, -0.2) is 16.3 Å². The number of phenolic OH excluding ortho intramolecular Hbond substituents is 1. The summed E-state index contributed by atoms with van der Waals surface area (Å²) in [5, 5.41) is 20.5. The number of hydrogen-bond acceptors (Lipinski definition) is 2. The van der Waals surface area contributed by atoms with Crippen LogP contribution in [0.2, 0.25) is 0 Å². The predicted molar refractivity (Wildman–Crippen MR) is 92.4 cm³/mol. The average Bonchev–Trinajstić information content (AvgIpc) is 2.77. The summed E-state index contributed by atoms with van der Waals surface area (Å²) >= 11 is 0. The van der Waals surface area contributed by atoms with E-state index in [1.807, 2.05) is 12.1 Å². The van der Waals surface area contributed by atoms with E-state index in [9.17, 15) is 10.2 Å². The van der Waals surface area contributed by atoms with Crippen LogP contribution < -0.4 is 0 Å². The van der Waals surface area contributed by atoms with Crippen molar-refractivity contribution in [2.24, 2.45) is 29.1 Å². The van der Waals surface area contributed by atoms with Crippen LogP contribution in [-0.2, 0) is 6.42 Å². The van der Waals surface area contributed by atoms with Gasteiger partial charge in [-0.25, -0.2) is 0 Å². The third-order valence-corrected chi connectivity index (χ3v) is 7.39. The molecule has 0 amide bonds. The highest BCUT2D eigenvalue weighted by molar-refractivity contribution is 5.40. The minimum absolute atomic E-state index is 0.120. The van der Waals surface area contributed by atoms with Crippen molar-refractivity contribution in [1.29, 1.82) is 0 Å². The molecule has 2 saturated carbocycles. The average molecular weight is 314 g/mol. The maximum Gasteiger partial charge on any atom is 0.115 e. The van der Waals surface area contributed by atoms with Gasteiger partial charge in [-0.3, -0.25) is 0 Å². The van der Waals surface area contributed by atoms with Crippen molar-refractivity contribution in [3.05, 3.63) is 29.3 Å². The molecule has 0 spiro atoms. The van der Waals surface area contributed by atoms with Gasteiger partial charge < -0.3 is 10.2 Å². The third kappa shape index (κ3) is 2.25. The SMILES string of the molecule is CC(C)[C@H]1[C@H]2[C@@H]3CCc4cc(O)ccc4[C@H]3CC[C@]2(C)C[C@@H]1O. The van der Waals surface area contributed by atoms with Crippen molar-refractivity contribution in [2.45, 2.75) is 64.9 Å². The number of phenols is 1. The molecule has 126 valence electrons. The van der Waals surface area contributed by atoms with Gasteiger partial charge in [0.25, 0.3) is 0 Å². The molecule has 0 unspecified atom stereocenters. The van der Waals surface area contributed by atoms with Gasteiger partial charge in [0, 0.05) is 0 Å². The Labute approximate surface area is 139 Å². The number of aliphatic hydroxyl groups excluding tert-OH is 1. The summed E-state index contributed by atoms with van der Waals surface area (Å²) < 4.78 is 0. The molecule has 2 N–H and O–H groups in total. The van der Waals surface area contributed by atoms with Gasteiger partial charge in [-0.1, -0.05) is 26.8 Å². The lowest BCUT2D eigenvalue weighted by Gasteiger charge is -2.51. The van der Waals surface area contributed by atoms with Gasteiger partial charge in [0.1, 0.15) is 5.75 Å². The van der Waals surface area contributed by atoms with Crippen molar-refractivity contribution in [3.8, 4) is 5.75 Å². The van der Waals surface area contributed by atoms with E-state index in [0.717, 1.165) is 12.8 Å². The first-order valence-corrected chi connectivity index (χ1v) is 9.40. The molecule has 0 aliphatic heterocycles. The van der Waals surface area contributed by atoms with Crippen molar-refractivity contribution < 1.29 is 10.2 Å². The molecule has 3 aliphatic rings. The number of aromatic hydroxyl groups is 1. The van der Waals surface area contributed by atoms with Gasteiger partial charge in [0.15, 0.2) is 0 Å². The van der Waals surface area contributed by atoms with Gasteiger partial charge >= 0.3 is 0 Å². The fraction of sp³-hybridized carbons (Fsp3) is 0.714. The Bertz CT molecular complexity index is 608. The molecule has 6 atom stereocenters. The Morgan fingerprint density at radius 1 is 1.22 bits per heavy atom. The maximum absolute atomic E-state index is 10.7. The van der Waals surface area contributed by atoms with Crippen molar-refractivity contribution in [2.75, 3.05) is 0 Å². The molecule has 23 heavy (non-hydrogen) atoms. The van der Waals surface area contributed by atoms with E-state index in [-0.39, 0.29) is 6.10 Å². The van der Waals surface area contributed by atoms with Gasteiger partial charge in [-0.05, 0) is 90.4 Å². The maximum atomic E-state index is 10.7. The van der Waals surface area contributed by atoms with Crippen LogP contribution in [0.1, 0.15) is 63.5 Å². The lowest BCUT2D eigenvalue weighted by atomic mass is 9.53. The van der Waals surface area contributed by atoms with Crippen LogP contribution in [0.15, 0.2) is 18.2 Å². The number of fused-ring (bicyclic) bond motifs is 5. The van der Waals surface area contributed by atoms with Crippen molar-refractivity contribution in [3.63, 3.8) is 0 Å². The van der Waals surface area contributed by atoms with Crippen molar-refractivity contribution >= 4 is 0 Å². The van der Waals surface area contributed by atoms with E-state index in [1.54, 1.807) is 0 Å². The van der Waals surface area contributed by atoms with Gasteiger partial charge in [0.2, 0.25) is 0 Å². The first kappa shape index (κ1) is 15.5. The van der Waals surface area contributed by atoms with Crippen LogP contribution in [0.4, 0.5) is 0 Å². The van der Waals surface area contributed by atoms with E-state index >= 15 is 0 Å². The smallest absolute Gasteiger partial charge is 0.115 e. The van der Waals surface area contributed by atoms with E-state index in [4.69, 9.17) is 0 Å². The second-order valence-electron chi connectivity index (χ2n) is 9.00. The highest BCUT2D eigenvalue weighted by Crippen LogP contribution is 2.63. The minimum atomic E-state index is -0.120. The monoisotopic (exact) mass is 314 g/mol. The summed E-state index contributed by atoms with van der Waals surface area (Å²) in [7, 11) is 0. The van der Waals surface area contributed by atoms with Gasteiger partial charge in [0.05, 0.1) is 6.10 Å². The summed E-state index contributed by atoms with van der Waals surface area (Å²) in [6.45, 7) is 7.02. The highest BCUT2D eigenvalue weighted by atomic mass is 16.3. The van der Waals surface area contributed by atoms with Crippen molar-refractivity contribution in [1.82, 2.24) is 0 Å². The zero-order chi connectivity index (χ0) is 16.4. The molecule has 3 aliphatic carbocycles. The summed E-state index contributed by atoms with van der Waals surface area (Å²) in [5.41, 5.74) is 3.16. The zero-order valence-electron chi connectivity index (χ0n) is 14.6. The molecule has 2 nitrogen and oxygen atoms in total. The quantitative estimate of drug-likeness (QED) is 0.801. The molecule has 1 aromatic rings. The zero-order valence-corrected chi connectivity index (χ0v) is 14.6. The Kier molecular flexibility index (Phi) is 3.53. The van der Waals surface area contributed by atoms with E-state index < -0.39 is 0 Å². The molecule has 0 bridgehead atoms. The fourth-order valence-corrected chi connectivity index (χ4v) is 6.59. The Balaban J connectivity index is 1.73. The number of aryl methyl sites for hydroxylation is 1.